The largest absolute Gasteiger partial charge is 0.478 e. The van der Waals surface area contributed by atoms with E-state index in [-0.39, 0.29) is 5.56 Å². The predicted molar refractivity (Wildman–Crippen MR) is 74.2 cm³/mol. The van der Waals surface area contributed by atoms with Crippen molar-refractivity contribution in [1.29, 1.82) is 0 Å². The van der Waals surface area contributed by atoms with Crippen LogP contribution in [0.1, 0.15) is 16.1 Å². The summed E-state index contributed by atoms with van der Waals surface area (Å²) in [5, 5.41) is 12.0. The quantitative estimate of drug-likeness (QED) is 0.713. The average Bonchev–Trinajstić information content (AvgIpc) is 2.41. The van der Waals surface area contributed by atoms with E-state index in [1.165, 1.54) is 12.1 Å². The third kappa shape index (κ3) is 3.45. The van der Waals surface area contributed by atoms with Crippen LogP contribution in [-0.2, 0) is 6.42 Å². The fourth-order valence-corrected chi connectivity index (χ4v) is 1.73. The van der Waals surface area contributed by atoms with Gasteiger partial charge in [-0.15, -0.1) is 0 Å². The molecule has 2 rings (SSSR count). The molecule has 0 fully saturated rings. The monoisotopic (exact) mass is 257 g/mol. The molecule has 0 aliphatic rings. The number of nitrogens with two attached hydrogens (primary N) is 1. The minimum absolute atomic E-state index is 0.188. The molecule has 1 aromatic carbocycles. The molecule has 19 heavy (non-hydrogen) atoms. The standard InChI is InChI=1S/C14H15N3O2/c15-12-9-10(14(18)19)4-5-13(12)17-8-6-11-3-1-2-7-16-11/h1-5,7,9,17H,6,8,15H2,(H,18,19). The first-order valence-electron chi connectivity index (χ1n) is 5.93. The number of hydrogen-bond acceptors (Lipinski definition) is 4. The number of aromatic carboxylic acids is 1. The van der Waals surface area contributed by atoms with Crippen molar-refractivity contribution in [2.24, 2.45) is 0 Å². The van der Waals surface area contributed by atoms with Gasteiger partial charge in [-0.25, -0.2) is 4.79 Å². The van der Waals surface area contributed by atoms with Crippen molar-refractivity contribution in [3.05, 3.63) is 53.9 Å². The molecule has 5 heteroatoms. The van der Waals surface area contributed by atoms with Gasteiger partial charge >= 0.3 is 5.97 Å². The summed E-state index contributed by atoms with van der Waals surface area (Å²) in [6, 6.07) is 10.4. The Morgan fingerprint density at radius 1 is 1.32 bits per heavy atom. The van der Waals surface area contributed by atoms with Crippen LogP contribution >= 0.6 is 0 Å². The molecular formula is C14H15N3O2. The lowest BCUT2D eigenvalue weighted by molar-refractivity contribution is 0.0697. The van der Waals surface area contributed by atoms with E-state index < -0.39 is 5.97 Å². The highest BCUT2D eigenvalue weighted by Crippen LogP contribution is 2.19. The average molecular weight is 257 g/mol. The van der Waals surface area contributed by atoms with Gasteiger partial charge in [0.1, 0.15) is 0 Å². The second-order valence-corrected chi connectivity index (χ2v) is 4.11. The molecule has 98 valence electrons. The topological polar surface area (TPSA) is 88.2 Å². The van der Waals surface area contributed by atoms with Crippen LogP contribution in [-0.4, -0.2) is 22.6 Å². The Morgan fingerprint density at radius 3 is 2.79 bits per heavy atom. The number of carboxylic acid groups (broad SMARTS) is 1. The van der Waals surface area contributed by atoms with E-state index in [2.05, 4.69) is 10.3 Å². The number of nitrogens with one attached hydrogen (secondary N) is 1. The number of nitrogens with zero attached hydrogens (tertiary/aromatic N) is 1. The van der Waals surface area contributed by atoms with E-state index in [0.29, 0.717) is 12.2 Å². The first kappa shape index (κ1) is 12.9. The molecule has 0 aliphatic carbocycles. The third-order valence-electron chi connectivity index (χ3n) is 2.72. The molecule has 0 atom stereocenters. The Balaban J connectivity index is 1.95. The number of carboxylic acids is 1. The van der Waals surface area contributed by atoms with Gasteiger partial charge in [-0.2, -0.15) is 0 Å². The third-order valence-corrected chi connectivity index (χ3v) is 2.72. The van der Waals surface area contributed by atoms with Crippen LogP contribution in [0.2, 0.25) is 0 Å². The maximum atomic E-state index is 10.8. The van der Waals surface area contributed by atoms with Crippen LogP contribution in [0.3, 0.4) is 0 Å². The van der Waals surface area contributed by atoms with Gasteiger partial charge in [-0.3, -0.25) is 4.98 Å². The molecule has 2 aromatic rings. The summed E-state index contributed by atoms with van der Waals surface area (Å²) in [7, 11) is 0. The van der Waals surface area contributed by atoms with E-state index in [1.54, 1.807) is 12.3 Å². The molecule has 0 aliphatic heterocycles. The lowest BCUT2D eigenvalue weighted by atomic mass is 10.1. The van der Waals surface area contributed by atoms with Crippen molar-refractivity contribution in [2.75, 3.05) is 17.6 Å². The van der Waals surface area contributed by atoms with Crippen LogP contribution in [0.4, 0.5) is 11.4 Å². The van der Waals surface area contributed by atoms with Gasteiger partial charge in [0.05, 0.1) is 16.9 Å². The summed E-state index contributed by atoms with van der Waals surface area (Å²) in [5.74, 6) is -0.980. The summed E-state index contributed by atoms with van der Waals surface area (Å²) in [4.78, 5) is 15.0. The Bertz CT molecular complexity index is 570. The highest BCUT2D eigenvalue weighted by molar-refractivity contribution is 5.90. The van der Waals surface area contributed by atoms with Gasteiger partial charge in [0, 0.05) is 24.9 Å². The SMILES string of the molecule is Nc1cc(C(=O)O)ccc1NCCc1ccccn1. The molecule has 0 bridgehead atoms. The Hall–Kier alpha value is -2.56. The highest BCUT2D eigenvalue weighted by Gasteiger charge is 2.05. The number of benzene rings is 1. The van der Waals surface area contributed by atoms with Crippen molar-refractivity contribution >= 4 is 17.3 Å². The van der Waals surface area contributed by atoms with E-state index in [4.69, 9.17) is 10.8 Å². The normalized spacial score (nSPS) is 10.1. The lowest BCUT2D eigenvalue weighted by Crippen LogP contribution is -2.08. The minimum atomic E-state index is -0.980. The van der Waals surface area contributed by atoms with Gasteiger partial charge in [0.2, 0.25) is 0 Å². The maximum Gasteiger partial charge on any atom is 0.335 e. The van der Waals surface area contributed by atoms with Gasteiger partial charge < -0.3 is 16.2 Å². The molecule has 0 unspecified atom stereocenters. The van der Waals surface area contributed by atoms with E-state index in [0.717, 1.165) is 17.8 Å². The van der Waals surface area contributed by atoms with E-state index in [9.17, 15) is 4.79 Å². The van der Waals surface area contributed by atoms with Crippen molar-refractivity contribution < 1.29 is 9.90 Å². The molecule has 0 spiro atoms. The second-order valence-electron chi connectivity index (χ2n) is 4.11. The first-order valence-corrected chi connectivity index (χ1v) is 5.93. The molecule has 1 aromatic heterocycles. The molecule has 0 radical (unpaired) electrons. The lowest BCUT2D eigenvalue weighted by Gasteiger charge is -2.09. The summed E-state index contributed by atoms with van der Waals surface area (Å²) in [6.07, 6.45) is 2.53. The molecule has 0 saturated heterocycles. The smallest absolute Gasteiger partial charge is 0.335 e. The number of pyridine rings is 1. The summed E-state index contributed by atoms with van der Waals surface area (Å²) in [5.41, 5.74) is 8.15. The van der Waals surface area contributed by atoms with Crippen molar-refractivity contribution in [2.45, 2.75) is 6.42 Å². The molecule has 4 N–H and O–H groups in total. The Labute approximate surface area is 111 Å². The zero-order valence-electron chi connectivity index (χ0n) is 10.3. The fraction of sp³-hybridized carbons (Fsp3) is 0.143. The van der Waals surface area contributed by atoms with Crippen molar-refractivity contribution in [3.63, 3.8) is 0 Å². The van der Waals surface area contributed by atoms with Crippen LogP contribution in [0.15, 0.2) is 42.6 Å². The molecule has 0 saturated carbocycles. The number of aromatic nitrogens is 1. The number of rotatable bonds is 5. The van der Waals surface area contributed by atoms with Crippen LogP contribution in [0.5, 0.6) is 0 Å². The Morgan fingerprint density at radius 2 is 2.16 bits per heavy atom. The van der Waals surface area contributed by atoms with Gasteiger partial charge in [-0.1, -0.05) is 6.07 Å². The van der Waals surface area contributed by atoms with Crippen molar-refractivity contribution in [1.82, 2.24) is 4.98 Å². The van der Waals surface area contributed by atoms with Crippen LogP contribution in [0.25, 0.3) is 0 Å². The fourth-order valence-electron chi connectivity index (χ4n) is 1.73. The second kappa shape index (κ2) is 5.86. The Kier molecular flexibility index (Phi) is 3.97. The summed E-state index contributed by atoms with van der Waals surface area (Å²) < 4.78 is 0. The number of hydrogen-bond donors (Lipinski definition) is 3. The van der Waals surface area contributed by atoms with Crippen molar-refractivity contribution in [3.8, 4) is 0 Å². The predicted octanol–water partition coefficient (Wildman–Crippen LogP) is 2.02. The highest BCUT2D eigenvalue weighted by atomic mass is 16.4. The summed E-state index contributed by atoms with van der Waals surface area (Å²) >= 11 is 0. The van der Waals surface area contributed by atoms with E-state index in [1.807, 2.05) is 18.2 Å². The molecular weight excluding hydrogens is 242 g/mol. The van der Waals surface area contributed by atoms with Crippen LogP contribution in [0, 0.1) is 0 Å². The van der Waals surface area contributed by atoms with Gasteiger partial charge in [-0.05, 0) is 30.3 Å². The van der Waals surface area contributed by atoms with E-state index >= 15 is 0 Å². The van der Waals surface area contributed by atoms with Crippen LogP contribution < -0.4 is 11.1 Å². The summed E-state index contributed by atoms with van der Waals surface area (Å²) in [6.45, 7) is 0.688. The van der Waals surface area contributed by atoms with Gasteiger partial charge in [0.15, 0.2) is 0 Å². The number of anilines is 2. The zero-order valence-corrected chi connectivity index (χ0v) is 10.3. The molecule has 0 amide bonds. The first-order chi connectivity index (χ1) is 9.16. The minimum Gasteiger partial charge on any atom is -0.478 e. The molecule has 1 heterocycles. The maximum absolute atomic E-state index is 10.8. The number of nitrogen functional groups attached to an aromatic ring is 1. The number of carbonyl (C=O) groups is 1. The van der Waals surface area contributed by atoms with Gasteiger partial charge in [0.25, 0.3) is 0 Å². The molecule has 5 nitrogen and oxygen atoms in total. The zero-order chi connectivity index (χ0) is 13.7.